The van der Waals surface area contributed by atoms with Crippen LogP contribution in [-0.4, -0.2) is 53.1 Å². The molecule has 6 nitrogen and oxygen atoms in total. The first-order chi connectivity index (χ1) is 10.2. The van der Waals surface area contributed by atoms with Crippen molar-refractivity contribution in [1.82, 2.24) is 9.88 Å². The second-order valence-corrected chi connectivity index (χ2v) is 5.94. The molecule has 3 heterocycles. The van der Waals surface area contributed by atoms with Gasteiger partial charge in [-0.25, -0.2) is 4.98 Å². The lowest BCUT2D eigenvalue weighted by Gasteiger charge is -2.25. The fraction of sp³-hybridized carbons (Fsp3) is 0.600. The molecule has 2 aliphatic rings. The first-order valence-corrected chi connectivity index (χ1v) is 7.63. The molecule has 21 heavy (non-hydrogen) atoms. The van der Waals surface area contributed by atoms with Crippen LogP contribution in [0.2, 0.25) is 0 Å². The van der Waals surface area contributed by atoms with Gasteiger partial charge >= 0.3 is 0 Å². The predicted molar refractivity (Wildman–Crippen MR) is 82.9 cm³/mol. The van der Waals surface area contributed by atoms with Crippen molar-refractivity contribution in [2.24, 2.45) is 10.9 Å². The van der Waals surface area contributed by atoms with Gasteiger partial charge in [-0.3, -0.25) is 4.90 Å². The minimum atomic E-state index is 0.127. The van der Waals surface area contributed by atoms with Gasteiger partial charge in [0.1, 0.15) is 5.82 Å². The average Bonchev–Trinajstić information content (AvgIpc) is 3.17. The minimum absolute atomic E-state index is 0.127. The summed E-state index contributed by atoms with van der Waals surface area (Å²) in [6.07, 6.45) is 3.79. The average molecular weight is 289 g/mol. The Hall–Kier alpha value is -1.82. The monoisotopic (exact) mass is 289 g/mol. The summed E-state index contributed by atoms with van der Waals surface area (Å²) in [5.41, 5.74) is 7.45. The SMILES string of the molecule is Cc1ccc(C(N)=NO)c(N2CCC(N3CCCC3)C2)n1. The number of nitrogens with zero attached hydrogens (tertiary/aromatic N) is 4. The van der Waals surface area contributed by atoms with E-state index < -0.39 is 0 Å². The summed E-state index contributed by atoms with van der Waals surface area (Å²) in [4.78, 5) is 9.47. The fourth-order valence-corrected chi connectivity index (χ4v) is 3.38. The quantitative estimate of drug-likeness (QED) is 0.378. The standard InChI is InChI=1S/C15H23N5O/c1-11-4-5-13(14(16)18-21)15(17-11)20-9-6-12(10-20)19-7-2-3-8-19/h4-5,12,21H,2-3,6-10H2,1H3,(H2,16,18). The Bertz CT molecular complexity index is 539. The molecular formula is C15H23N5O. The van der Waals surface area contributed by atoms with Gasteiger partial charge in [-0.1, -0.05) is 5.16 Å². The van der Waals surface area contributed by atoms with Crippen molar-refractivity contribution in [1.29, 1.82) is 0 Å². The number of hydrogen-bond donors (Lipinski definition) is 2. The van der Waals surface area contributed by atoms with Crippen LogP contribution in [0.15, 0.2) is 17.3 Å². The van der Waals surface area contributed by atoms with Crippen LogP contribution >= 0.6 is 0 Å². The second-order valence-electron chi connectivity index (χ2n) is 5.94. The fourth-order valence-electron chi connectivity index (χ4n) is 3.38. The van der Waals surface area contributed by atoms with Gasteiger partial charge in [0.05, 0.1) is 5.56 Å². The molecule has 3 rings (SSSR count). The summed E-state index contributed by atoms with van der Waals surface area (Å²) in [5.74, 6) is 0.967. The van der Waals surface area contributed by atoms with Crippen LogP contribution in [0.25, 0.3) is 0 Å². The van der Waals surface area contributed by atoms with Crippen LogP contribution in [0.1, 0.15) is 30.5 Å². The predicted octanol–water partition coefficient (Wildman–Crippen LogP) is 1.16. The summed E-state index contributed by atoms with van der Waals surface area (Å²) in [6.45, 7) is 6.35. The molecule has 0 saturated carbocycles. The van der Waals surface area contributed by atoms with E-state index in [-0.39, 0.29) is 5.84 Å². The minimum Gasteiger partial charge on any atom is -0.409 e. The zero-order chi connectivity index (χ0) is 14.8. The van der Waals surface area contributed by atoms with Crippen molar-refractivity contribution in [3.8, 4) is 0 Å². The van der Waals surface area contributed by atoms with E-state index in [9.17, 15) is 0 Å². The van der Waals surface area contributed by atoms with Crippen molar-refractivity contribution < 1.29 is 5.21 Å². The molecule has 0 radical (unpaired) electrons. The number of aryl methyl sites for hydroxylation is 1. The molecule has 2 aliphatic heterocycles. The van der Waals surface area contributed by atoms with Crippen molar-refractivity contribution in [2.45, 2.75) is 32.2 Å². The Morgan fingerprint density at radius 1 is 1.33 bits per heavy atom. The van der Waals surface area contributed by atoms with Crippen LogP contribution in [0.3, 0.4) is 0 Å². The zero-order valence-electron chi connectivity index (χ0n) is 12.5. The summed E-state index contributed by atoms with van der Waals surface area (Å²) >= 11 is 0. The third-order valence-electron chi connectivity index (χ3n) is 4.52. The summed E-state index contributed by atoms with van der Waals surface area (Å²) in [5, 5.41) is 12.1. The molecule has 114 valence electrons. The van der Waals surface area contributed by atoms with Gasteiger partial charge in [0.25, 0.3) is 0 Å². The van der Waals surface area contributed by atoms with E-state index in [0.717, 1.165) is 31.0 Å². The van der Waals surface area contributed by atoms with E-state index in [1.54, 1.807) is 0 Å². The van der Waals surface area contributed by atoms with Gasteiger partial charge < -0.3 is 15.8 Å². The van der Waals surface area contributed by atoms with Gasteiger partial charge in [-0.15, -0.1) is 0 Å². The molecule has 6 heteroatoms. The number of oxime groups is 1. The number of rotatable bonds is 3. The number of anilines is 1. The van der Waals surface area contributed by atoms with Crippen LogP contribution in [-0.2, 0) is 0 Å². The van der Waals surface area contributed by atoms with Crippen molar-refractivity contribution in [3.05, 3.63) is 23.4 Å². The Labute approximate surface area is 125 Å². The molecule has 3 N–H and O–H groups in total. The summed E-state index contributed by atoms with van der Waals surface area (Å²) in [7, 11) is 0. The molecule has 0 bridgehead atoms. The van der Waals surface area contributed by atoms with Gasteiger partial charge in [-0.2, -0.15) is 0 Å². The Morgan fingerprint density at radius 3 is 2.81 bits per heavy atom. The first kappa shape index (κ1) is 14.1. The van der Waals surface area contributed by atoms with Gasteiger partial charge in [-0.05, 0) is 51.4 Å². The van der Waals surface area contributed by atoms with Crippen molar-refractivity contribution in [2.75, 3.05) is 31.1 Å². The Morgan fingerprint density at radius 2 is 2.10 bits per heavy atom. The normalized spacial score (nSPS) is 24.0. The highest BCUT2D eigenvalue weighted by Crippen LogP contribution is 2.26. The highest BCUT2D eigenvalue weighted by atomic mass is 16.4. The number of aromatic nitrogens is 1. The highest BCUT2D eigenvalue weighted by molar-refractivity contribution is 6.01. The molecule has 1 unspecified atom stereocenters. The lowest BCUT2D eigenvalue weighted by Crippen LogP contribution is -2.36. The Kier molecular flexibility index (Phi) is 3.96. The molecule has 1 aromatic heterocycles. The van der Waals surface area contributed by atoms with Crippen LogP contribution < -0.4 is 10.6 Å². The van der Waals surface area contributed by atoms with Crippen molar-refractivity contribution >= 4 is 11.7 Å². The highest BCUT2D eigenvalue weighted by Gasteiger charge is 2.31. The van der Waals surface area contributed by atoms with Crippen LogP contribution in [0.5, 0.6) is 0 Å². The van der Waals surface area contributed by atoms with E-state index in [1.165, 1.54) is 25.9 Å². The number of hydrogen-bond acceptors (Lipinski definition) is 5. The Balaban J connectivity index is 1.82. The molecule has 0 aliphatic carbocycles. The van der Waals surface area contributed by atoms with E-state index in [1.807, 2.05) is 19.1 Å². The molecule has 1 aromatic rings. The van der Waals surface area contributed by atoms with Crippen molar-refractivity contribution in [3.63, 3.8) is 0 Å². The lowest BCUT2D eigenvalue weighted by atomic mass is 10.2. The maximum absolute atomic E-state index is 8.96. The topological polar surface area (TPSA) is 78.0 Å². The maximum Gasteiger partial charge on any atom is 0.173 e. The van der Waals surface area contributed by atoms with Crippen LogP contribution in [0.4, 0.5) is 5.82 Å². The van der Waals surface area contributed by atoms with E-state index >= 15 is 0 Å². The first-order valence-electron chi connectivity index (χ1n) is 7.63. The van der Waals surface area contributed by atoms with E-state index in [2.05, 4.69) is 19.9 Å². The second kappa shape index (κ2) is 5.89. The number of pyridine rings is 1. The smallest absolute Gasteiger partial charge is 0.173 e. The molecule has 0 spiro atoms. The summed E-state index contributed by atoms with van der Waals surface area (Å²) < 4.78 is 0. The molecule has 0 aromatic carbocycles. The van der Waals surface area contributed by atoms with Gasteiger partial charge in [0, 0.05) is 24.8 Å². The maximum atomic E-state index is 8.96. The number of likely N-dealkylation sites (tertiary alicyclic amines) is 1. The third-order valence-corrected chi connectivity index (χ3v) is 4.52. The van der Waals surface area contributed by atoms with E-state index in [0.29, 0.717) is 11.6 Å². The van der Waals surface area contributed by atoms with Gasteiger partial charge in [0.15, 0.2) is 5.84 Å². The number of amidine groups is 1. The molecule has 2 saturated heterocycles. The molecule has 1 atom stereocenters. The lowest BCUT2D eigenvalue weighted by molar-refractivity contribution is 0.260. The third kappa shape index (κ3) is 2.81. The zero-order valence-corrected chi connectivity index (χ0v) is 12.5. The summed E-state index contributed by atoms with van der Waals surface area (Å²) in [6, 6.07) is 4.39. The number of nitrogens with two attached hydrogens (primary N) is 1. The molecule has 2 fully saturated rings. The molecule has 0 amide bonds. The largest absolute Gasteiger partial charge is 0.409 e. The van der Waals surface area contributed by atoms with Crippen LogP contribution in [0, 0.1) is 6.92 Å². The van der Waals surface area contributed by atoms with Gasteiger partial charge in [0.2, 0.25) is 0 Å². The van der Waals surface area contributed by atoms with E-state index in [4.69, 9.17) is 10.9 Å². The molecular weight excluding hydrogens is 266 g/mol.